The number of nitrogens with one attached hydrogen (secondary N) is 1. The number of benzene rings is 1. The van der Waals surface area contributed by atoms with Crippen LogP contribution in [0.5, 0.6) is 0 Å². The Morgan fingerprint density at radius 2 is 2.13 bits per heavy atom. The van der Waals surface area contributed by atoms with E-state index < -0.39 is 5.97 Å². The number of carbonyl (C=O) groups is 1. The summed E-state index contributed by atoms with van der Waals surface area (Å²) in [4.78, 5) is 10.4. The molecule has 3 nitrogen and oxygen atoms in total. The van der Waals surface area contributed by atoms with E-state index in [0.29, 0.717) is 18.4 Å². The van der Waals surface area contributed by atoms with Gasteiger partial charge in [-0.25, -0.2) is 0 Å². The molecule has 3 heteroatoms. The van der Waals surface area contributed by atoms with E-state index in [1.807, 2.05) is 18.2 Å². The largest absolute Gasteiger partial charge is 0.481 e. The number of carboxylic acid groups (broad SMARTS) is 1. The summed E-state index contributed by atoms with van der Waals surface area (Å²) >= 11 is 0. The summed E-state index contributed by atoms with van der Waals surface area (Å²) in [7, 11) is 0. The van der Waals surface area contributed by atoms with E-state index in [2.05, 4.69) is 17.4 Å². The van der Waals surface area contributed by atoms with Crippen molar-refractivity contribution in [3.8, 4) is 0 Å². The van der Waals surface area contributed by atoms with Crippen molar-refractivity contribution >= 4 is 5.97 Å². The quantitative estimate of drug-likeness (QED) is 0.768. The van der Waals surface area contributed by atoms with Crippen LogP contribution in [0.25, 0.3) is 0 Å². The van der Waals surface area contributed by atoms with Gasteiger partial charge in [-0.05, 0) is 17.9 Å². The molecule has 1 aromatic carbocycles. The third-order valence-corrected chi connectivity index (χ3v) is 2.77. The second kappa shape index (κ2) is 4.45. The monoisotopic (exact) mass is 205 g/mol. The van der Waals surface area contributed by atoms with Crippen molar-refractivity contribution in [1.29, 1.82) is 0 Å². The Labute approximate surface area is 89.1 Å². The molecule has 1 aliphatic carbocycles. The Morgan fingerprint density at radius 3 is 2.80 bits per heavy atom. The van der Waals surface area contributed by atoms with Crippen molar-refractivity contribution in [3.05, 3.63) is 35.9 Å². The first-order valence-corrected chi connectivity index (χ1v) is 5.25. The van der Waals surface area contributed by atoms with Crippen LogP contribution in [0.3, 0.4) is 0 Å². The van der Waals surface area contributed by atoms with Gasteiger partial charge in [-0.3, -0.25) is 4.79 Å². The number of rotatable bonds is 5. The first kappa shape index (κ1) is 10.2. The highest BCUT2D eigenvalue weighted by molar-refractivity contribution is 5.67. The highest BCUT2D eigenvalue weighted by Gasteiger charge is 2.37. The summed E-state index contributed by atoms with van der Waals surface area (Å²) in [5.41, 5.74) is 1.25. The number of hydrogen-bond acceptors (Lipinski definition) is 2. The van der Waals surface area contributed by atoms with Crippen LogP contribution in [-0.4, -0.2) is 17.1 Å². The van der Waals surface area contributed by atoms with Gasteiger partial charge in [-0.15, -0.1) is 0 Å². The van der Waals surface area contributed by atoms with Crippen LogP contribution in [0.2, 0.25) is 0 Å². The molecule has 2 N–H and O–H groups in total. The second-order valence-corrected chi connectivity index (χ2v) is 4.07. The highest BCUT2D eigenvalue weighted by atomic mass is 16.4. The number of aliphatic carboxylic acids is 1. The van der Waals surface area contributed by atoms with Crippen molar-refractivity contribution < 1.29 is 9.90 Å². The fourth-order valence-electron chi connectivity index (χ4n) is 1.79. The first-order chi connectivity index (χ1) is 7.25. The zero-order chi connectivity index (χ0) is 10.7. The standard InChI is InChI=1S/C12H15NO2/c14-12(15)7-10-6-11(10)13-8-9-4-2-1-3-5-9/h1-5,10-11,13H,6-8H2,(H,14,15)/t10-,11+/m1/s1. The molecule has 0 saturated heterocycles. The summed E-state index contributed by atoms with van der Waals surface area (Å²) in [6, 6.07) is 10.6. The Bertz CT molecular complexity index is 337. The lowest BCUT2D eigenvalue weighted by Crippen LogP contribution is -2.18. The molecule has 0 aromatic heterocycles. The highest BCUT2D eigenvalue weighted by Crippen LogP contribution is 2.33. The molecule has 1 aromatic rings. The molecule has 0 radical (unpaired) electrons. The fourth-order valence-corrected chi connectivity index (χ4v) is 1.79. The van der Waals surface area contributed by atoms with Crippen molar-refractivity contribution in [1.82, 2.24) is 5.32 Å². The van der Waals surface area contributed by atoms with Crippen molar-refractivity contribution in [2.24, 2.45) is 5.92 Å². The van der Waals surface area contributed by atoms with Gasteiger partial charge in [-0.2, -0.15) is 0 Å². The lowest BCUT2D eigenvalue weighted by Gasteiger charge is -2.03. The van der Waals surface area contributed by atoms with Gasteiger partial charge in [0.1, 0.15) is 0 Å². The van der Waals surface area contributed by atoms with E-state index in [1.165, 1.54) is 5.56 Å². The normalized spacial score (nSPS) is 23.7. The summed E-state index contributed by atoms with van der Waals surface area (Å²) in [6.45, 7) is 0.835. The Hall–Kier alpha value is -1.35. The molecule has 0 unspecified atom stereocenters. The molecule has 0 amide bonds. The topological polar surface area (TPSA) is 49.3 Å². The second-order valence-electron chi connectivity index (χ2n) is 4.07. The van der Waals surface area contributed by atoms with Crippen molar-refractivity contribution in [2.45, 2.75) is 25.4 Å². The molecule has 0 heterocycles. The van der Waals surface area contributed by atoms with Crippen molar-refractivity contribution in [3.63, 3.8) is 0 Å². The van der Waals surface area contributed by atoms with Crippen LogP contribution in [0.1, 0.15) is 18.4 Å². The maximum atomic E-state index is 10.4. The SMILES string of the molecule is O=C(O)C[C@H]1C[C@@H]1NCc1ccccc1. The Morgan fingerprint density at radius 1 is 1.40 bits per heavy atom. The lowest BCUT2D eigenvalue weighted by atomic mass is 10.2. The minimum atomic E-state index is -0.691. The van der Waals surface area contributed by atoms with Gasteiger partial charge >= 0.3 is 5.97 Å². The van der Waals surface area contributed by atoms with E-state index in [-0.39, 0.29) is 0 Å². The molecule has 1 aliphatic rings. The van der Waals surface area contributed by atoms with E-state index in [1.54, 1.807) is 0 Å². The summed E-state index contributed by atoms with van der Waals surface area (Å²) in [5.74, 6) is -0.352. The van der Waals surface area contributed by atoms with Gasteiger partial charge in [-0.1, -0.05) is 30.3 Å². The van der Waals surface area contributed by atoms with Gasteiger partial charge in [0.15, 0.2) is 0 Å². The predicted molar refractivity (Wildman–Crippen MR) is 57.4 cm³/mol. The smallest absolute Gasteiger partial charge is 0.303 e. The first-order valence-electron chi connectivity index (χ1n) is 5.25. The third-order valence-electron chi connectivity index (χ3n) is 2.77. The van der Waals surface area contributed by atoms with Gasteiger partial charge < -0.3 is 10.4 Å². The maximum Gasteiger partial charge on any atom is 0.303 e. The third kappa shape index (κ3) is 3.06. The molecule has 15 heavy (non-hydrogen) atoms. The average molecular weight is 205 g/mol. The zero-order valence-corrected chi connectivity index (χ0v) is 8.52. The van der Waals surface area contributed by atoms with Crippen LogP contribution >= 0.6 is 0 Å². The minimum absolute atomic E-state index is 0.298. The molecular formula is C12H15NO2. The Balaban J connectivity index is 1.71. The van der Waals surface area contributed by atoms with Gasteiger partial charge in [0, 0.05) is 19.0 Å². The van der Waals surface area contributed by atoms with Crippen LogP contribution in [0.4, 0.5) is 0 Å². The van der Waals surface area contributed by atoms with Crippen molar-refractivity contribution in [2.75, 3.05) is 0 Å². The molecular weight excluding hydrogens is 190 g/mol. The molecule has 0 bridgehead atoms. The molecule has 2 rings (SSSR count). The molecule has 1 fully saturated rings. The van der Waals surface area contributed by atoms with Crippen LogP contribution in [0.15, 0.2) is 30.3 Å². The van der Waals surface area contributed by atoms with Crippen LogP contribution < -0.4 is 5.32 Å². The molecule has 1 saturated carbocycles. The van der Waals surface area contributed by atoms with Gasteiger partial charge in [0.25, 0.3) is 0 Å². The van der Waals surface area contributed by atoms with Crippen LogP contribution in [0, 0.1) is 5.92 Å². The molecule has 0 aliphatic heterocycles. The van der Waals surface area contributed by atoms with E-state index >= 15 is 0 Å². The molecule has 80 valence electrons. The summed E-state index contributed by atoms with van der Waals surface area (Å²) < 4.78 is 0. The van der Waals surface area contributed by atoms with Gasteiger partial charge in [0.2, 0.25) is 0 Å². The zero-order valence-electron chi connectivity index (χ0n) is 8.52. The number of carboxylic acids is 1. The number of hydrogen-bond donors (Lipinski definition) is 2. The maximum absolute atomic E-state index is 10.4. The van der Waals surface area contributed by atoms with Gasteiger partial charge in [0.05, 0.1) is 0 Å². The Kier molecular flexibility index (Phi) is 3.02. The van der Waals surface area contributed by atoms with E-state index in [4.69, 9.17) is 5.11 Å². The predicted octanol–water partition coefficient (Wildman–Crippen LogP) is 1.64. The summed E-state index contributed by atoms with van der Waals surface area (Å²) in [5, 5.41) is 12.0. The van der Waals surface area contributed by atoms with Crippen LogP contribution in [-0.2, 0) is 11.3 Å². The average Bonchev–Trinajstić information content (AvgIpc) is 2.94. The lowest BCUT2D eigenvalue weighted by molar-refractivity contribution is -0.137. The molecule has 2 atom stereocenters. The summed E-state index contributed by atoms with van der Waals surface area (Å²) in [6.07, 6.45) is 1.30. The van der Waals surface area contributed by atoms with E-state index in [0.717, 1.165) is 13.0 Å². The van der Waals surface area contributed by atoms with E-state index in [9.17, 15) is 4.79 Å². The fraction of sp³-hybridized carbons (Fsp3) is 0.417. The molecule has 0 spiro atoms. The minimum Gasteiger partial charge on any atom is -0.481 e.